The number of hydrogen-bond acceptors (Lipinski definition) is 2. The second-order valence-electron chi connectivity index (χ2n) is 4.29. The van der Waals surface area contributed by atoms with Crippen LogP contribution < -0.4 is 4.74 Å². The summed E-state index contributed by atoms with van der Waals surface area (Å²) in [7, 11) is 0. The molecule has 0 bridgehead atoms. The molecule has 0 aliphatic rings. The molecule has 0 aliphatic heterocycles. The molecule has 0 spiro atoms. The molecule has 1 N–H and O–H groups in total. The quantitative estimate of drug-likeness (QED) is 0.869. The average molecular weight is 309 g/mol. The molecule has 2 rings (SSSR count). The van der Waals surface area contributed by atoms with Gasteiger partial charge in [0, 0.05) is 0 Å². The summed E-state index contributed by atoms with van der Waals surface area (Å²) in [6, 6.07) is 15.0. The van der Waals surface area contributed by atoms with Crippen LogP contribution in [0.2, 0.25) is 0 Å². The topological polar surface area (TPSA) is 29.5 Å². The van der Waals surface area contributed by atoms with Crippen LogP contribution in [0.5, 0.6) is 11.5 Å². The Morgan fingerprint density at radius 2 is 1.50 bits per heavy atom. The molecule has 0 atom stereocenters. The third-order valence-corrected chi connectivity index (χ3v) is 3.06. The first-order valence-electron chi connectivity index (χ1n) is 6.14. The third-order valence-electron chi connectivity index (χ3n) is 2.76. The first-order chi connectivity index (χ1) is 9.63. The van der Waals surface area contributed by atoms with E-state index in [0.29, 0.717) is 6.61 Å². The fraction of sp³-hybridized carbons (Fsp3) is 0.125. The number of phenols is 1. The lowest BCUT2D eigenvalue weighted by Crippen LogP contribution is -1.94. The Bertz CT molecular complexity index is 570. The van der Waals surface area contributed by atoms with E-state index in [9.17, 15) is 5.11 Å². The normalized spacial score (nSPS) is 10.1. The molecule has 2 aromatic rings. The highest BCUT2D eigenvalue weighted by molar-refractivity contribution is 6.55. The first-order valence-corrected chi connectivity index (χ1v) is 6.90. The molecule has 0 aromatic heterocycles. The van der Waals surface area contributed by atoms with E-state index in [1.165, 1.54) is 5.56 Å². The van der Waals surface area contributed by atoms with Gasteiger partial charge in [-0.2, -0.15) is 0 Å². The van der Waals surface area contributed by atoms with Crippen LogP contribution in [0.3, 0.4) is 0 Å². The van der Waals surface area contributed by atoms with Gasteiger partial charge in [-0.05, 0) is 47.9 Å². The van der Waals surface area contributed by atoms with E-state index in [1.807, 2.05) is 36.4 Å². The first kappa shape index (κ1) is 14.8. The molecule has 20 heavy (non-hydrogen) atoms. The Morgan fingerprint density at radius 3 is 2.05 bits per heavy atom. The number of benzene rings is 2. The van der Waals surface area contributed by atoms with Crippen molar-refractivity contribution in [3.8, 4) is 11.5 Å². The lowest BCUT2D eigenvalue weighted by Gasteiger charge is -2.06. The van der Waals surface area contributed by atoms with Gasteiger partial charge in [-0.3, -0.25) is 0 Å². The third kappa shape index (κ3) is 4.80. The van der Waals surface area contributed by atoms with Crippen molar-refractivity contribution < 1.29 is 9.84 Å². The van der Waals surface area contributed by atoms with Gasteiger partial charge in [-0.1, -0.05) is 47.5 Å². The SMILES string of the molecule is Oc1ccc(Cc2ccc(OCC=C(Cl)Cl)cc2)cc1. The van der Waals surface area contributed by atoms with E-state index in [-0.39, 0.29) is 10.2 Å². The van der Waals surface area contributed by atoms with Crippen LogP contribution in [-0.2, 0) is 6.42 Å². The monoisotopic (exact) mass is 308 g/mol. The standard InChI is InChI=1S/C16H14Cl2O2/c17-16(18)9-10-20-15-7-3-13(4-8-15)11-12-1-5-14(19)6-2-12/h1-9,19H,10-11H2. The van der Waals surface area contributed by atoms with Crippen molar-refractivity contribution in [3.05, 3.63) is 70.2 Å². The molecule has 4 heteroatoms. The van der Waals surface area contributed by atoms with E-state index in [0.717, 1.165) is 17.7 Å². The maximum absolute atomic E-state index is 9.24. The van der Waals surface area contributed by atoms with E-state index < -0.39 is 0 Å². The Kier molecular flexibility index (Phi) is 5.33. The predicted octanol–water partition coefficient (Wildman–Crippen LogP) is 4.68. The van der Waals surface area contributed by atoms with Crippen molar-refractivity contribution in [1.29, 1.82) is 0 Å². The molecule has 0 saturated heterocycles. The minimum absolute atomic E-state index is 0.203. The number of aromatic hydroxyl groups is 1. The highest BCUT2D eigenvalue weighted by Crippen LogP contribution is 2.17. The van der Waals surface area contributed by atoms with Gasteiger partial charge in [-0.25, -0.2) is 0 Å². The molecular weight excluding hydrogens is 295 g/mol. The van der Waals surface area contributed by atoms with Crippen LogP contribution in [0, 0.1) is 0 Å². The van der Waals surface area contributed by atoms with E-state index in [2.05, 4.69) is 0 Å². The molecule has 104 valence electrons. The predicted molar refractivity (Wildman–Crippen MR) is 82.6 cm³/mol. The summed E-state index contributed by atoms with van der Waals surface area (Å²) in [6.07, 6.45) is 2.40. The van der Waals surface area contributed by atoms with Gasteiger partial charge in [0.2, 0.25) is 0 Å². The smallest absolute Gasteiger partial charge is 0.119 e. The molecule has 2 aromatic carbocycles. The Hall–Kier alpha value is -1.64. The van der Waals surface area contributed by atoms with Crippen LogP contribution in [0.25, 0.3) is 0 Å². The van der Waals surface area contributed by atoms with Crippen molar-refractivity contribution in [2.75, 3.05) is 6.61 Å². The molecular formula is C16H14Cl2O2. The second-order valence-corrected chi connectivity index (χ2v) is 5.30. The number of halogens is 2. The molecule has 2 nitrogen and oxygen atoms in total. The summed E-state index contributed by atoms with van der Waals surface area (Å²) in [5.41, 5.74) is 2.32. The van der Waals surface area contributed by atoms with E-state index in [1.54, 1.807) is 18.2 Å². The van der Waals surface area contributed by atoms with Gasteiger partial charge >= 0.3 is 0 Å². The summed E-state index contributed by atoms with van der Waals surface area (Å²) >= 11 is 11.0. The minimum atomic E-state index is 0.203. The van der Waals surface area contributed by atoms with Gasteiger partial charge in [0.25, 0.3) is 0 Å². The molecule has 0 aliphatic carbocycles. The number of phenolic OH excluding ortho intramolecular Hbond substituents is 1. The highest BCUT2D eigenvalue weighted by Gasteiger charge is 1.98. The summed E-state index contributed by atoms with van der Waals surface area (Å²) < 4.78 is 5.66. The van der Waals surface area contributed by atoms with E-state index in [4.69, 9.17) is 27.9 Å². The van der Waals surface area contributed by atoms with Crippen LogP contribution in [0.1, 0.15) is 11.1 Å². The van der Waals surface area contributed by atoms with Crippen LogP contribution in [0.15, 0.2) is 59.1 Å². The Labute approximate surface area is 128 Å². The number of rotatable bonds is 5. The summed E-state index contributed by atoms with van der Waals surface area (Å²) in [5.74, 6) is 1.05. The number of hydrogen-bond donors (Lipinski definition) is 1. The fourth-order valence-corrected chi connectivity index (χ4v) is 1.88. The largest absolute Gasteiger partial charge is 0.508 e. The average Bonchev–Trinajstić information content (AvgIpc) is 2.43. The summed E-state index contributed by atoms with van der Waals surface area (Å²) in [5, 5.41) is 9.24. The maximum Gasteiger partial charge on any atom is 0.119 e. The molecule has 0 saturated carbocycles. The lowest BCUT2D eigenvalue weighted by atomic mass is 10.0. The maximum atomic E-state index is 9.24. The fourth-order valence-electron chi connectivity index (χ4n) is 1.75. The van der Waals surface area contributed by atoms with Gasteiger partial charge < -0.3 is 9.84 Å². The second kappa shape index (κ2) is 7.22. The number of ether oxygens (including phenoxy) is 1. The van der Waals surface area contributed by atoms with E-state index >= 15 is 0 Å². The molecule has 0 radical (unpaired) electrons. The van der Waals surface area contributed by atoms with Gasteiger partial charge in [0.15, 0.2) is 0 Å². The summed E-state index contributed by atoms with van der Waals surface area (Å²) in [4.78, 5) is 0. The molecule has 0 heterocycles. The van der Waals surface area contributed by atoms with Crippen molar-refractivity contribution >= 4 is 23.2 Å². The summed E-state index contributed by atoms with van der Waals surface area (Å²) in [6.45, 7) is 0.347. The van der Waals surface area contributed by atoms with Crippen LogP contribution in [0.4, 0.5) is 0 Å². The van der Waals surface area contributed by atoms with Crippen molar-refractivity contribution in [3.63, 3.8) is 0 Å². The molecule has 0 fully saturated rings. The van der Waals surface area contributed by atoms with Crippen LogP contribution >= 0.6 is 23.2 Å². The molecule has 0 amide bonds. The Morgan fingerprint density at radius 1 is 0.950 bits per heavy atom. The minimum Gasteiger partial charge on any atom is -0.508 e. The zero-order chi connectivity index (χ0) is 14.4. The Balaban J connectivity index is 1.94. The molecule has 0 unspecified atom stereocenters. The van der Waals surface area contributed by atoms with Gasteiger partial charge in [-0.15, -0.1) is 0 Å². The van der Waals surface area contributed by atoms with Gasteiger partial charge in [0.05, 0.1) is 0 Å². The van der Waals surface area contributed by atoms with Crippen LogP contribution in [-0.4, -0.2) is 11.7 Å². The van der Waals surface area contributed by atoms with Crippen molar-refractivity contribution in [2.45, 2.75) is 6.42 Å². The highest BCUT2D eigenvalue weighted by atomic mass is 35.5. The lowest BCUT2D eigenvalue weighted by molar-refractivity contribution is 0.363. The van der Waals surface area contributed by atoms with Crippen molar-refractivity contribution in [2.24, 2.45) is 0 Å². The zero-order valence-electron chi connectivity index (χ0n) is 10.7. The van der Waals surface area contributed by atoms with Gasteiger partial charge in [0.1, 0.15) is 22.6 Å². The zero-order valence-corrected chi connectivity index (χ0v) is 12.2. The van der Waals surface area contributed by atoms with Crippen molar-refractivity contribution in [1.82, 2.24) is 0 Å².